The van der Waals surface area contributed by atoms with Crippen molar-refractivity contribution in [1.82, 2.24) is 20.4 Å². The maximum absolute atomic E-state index is 12.8. The quantitative estimate of drug-likeness (QED) is 0.618. The molecule has 3 heterocycles. The fourth-order valence-corrected chi connectivity index (χ4v) is 4.42. The number of amides is 1. The number of nitrogens with zero attached hydrogens (tertiary/aromatic N) is 2. The van der Waals surface area contributed by atoms with Gasteiger partial charge in [-0.15, -0.1) is 6.42 Å². The zero-order chi connectivity index (χ0) is 21.3. The van der Waals surface area contributed by atoms with Crippen LogP contribution in [0.3, 0.4) is 0 Å². The Hall–Kier alpha value is -3.04. The lowest BCUT2D eigenvalue weighted by atomic mass is 9.94. The van der Waals surface area contributed by atoms with Crippen molar-refractivity contribution in [3.63, 3.8) is 0 Å². The van der Waals surface area contributed by atoms with Gasteiger partial charge in [0.2, 0.25) is 5.91 Å². The number of carbonyl (C=O) groups is 1. The van der Waals surface area contributed by atoms with Crippen molar-refractivity contribution in [2.75, 3.05) is 6.54 Å². The predicted octanol–water partition coefficient (Wildman–Crippen LogP) is 3.34. The molecule has 2 N–H and O–H groups in total. The van der Waals surface area contributed by atoms with E-state index in [4.69, 9.17) is 10.9 Å². The summed E-state index contributed by atoms with van der Waals surface area (Å²) >= 11 is 0. The summed E-state index contributed by atoms with van der Waals surface area (Å²) in [5, 5.41) is 11.8. The molecular formula is C24H28N4O2. The average molecular weight is 405 g/mol. The minimum absolute atomic E-state index is 0.0532. The Bertz CT molecular complexity index is 1100. The topological polar surface area (TPSA) is 72.1 Å². The number of aromatic nitrogens is 2. The molecule has 156 valence electrons. The van der Waals surface area contributed by atoms with Crippen LogP contribution in [0.25, 0.3) is 10.9 Å². The van der Waals surface area contributed by atoms with Crippen molar-refractivity contribution in [3.8, 4) is 12.3 Å². The highest BCUT2D eigenvalue weighted by molar-refractivity contribution is 5.90. The van der Waals surface area contributed by atoms with Crippen LogP contribution in [0.1, 0.15) is 48.9 Å². The molecular weight excluding hydrogens is 376 g/mol. The number of carbonyl (C=O) groups excluding carboxylic acids is 1. The molecule has 6 heteroatoms. The van der Waals surface area contributed by atoms with Gasteiger partial charge < -0.3 is 14.4 Å². The second-order valence-corrected chi connectivity index (χ2v) is 8.48. The van der Waals surface area contributed by atoms with E-state index in [0.29, 0.717) is 18.9 Å². The highest BCUT2D eigenvalue weighted by Crippen LogP contribution is 2.36. The minimum atomic E-state index is -0.331. The molecule has 1 aliphatic rings. The minimum Gasteiger partial charge on any atom is -0.361 e. The maximum Gasteiger partial charge on any atom is 0.238 e. The summed E-state index contributed by atoms with van der Waals surface area (Å²) in [5.41, 5.74) is 4.46. The Labute approximate surface area is 177 Å². The Balaban J connectivity index is 1.77. The number of rotatable bonds is 6. The van der Waals surface area contributed by atoms with Crippen LogP contribution in [0.4, 0.5) is 0 Å². The summed E-state index contributed by atoms with van der Waals surface area (Å²) < 4.78 is 7.45. The Kier molecular flexibility index (Phi) is 5.65. The van der Waals surface area contributed by atoms with Gasteiger partial charge in [0.15, 0.2) is 0 Å². The second-order valence-electron chi connectivity index (χ2n) is 8.48. The van der Waals surface area contributed by atoms with Crippen molar-refractivity contribution in [3.05, 3.63) is 53.0 Å². The molecule has 1 aromatic carbocycles. The van der Waals surface area contributed by atoms with Gasteiger partial charge in [0.25, 0.3) is 0 Å². The van der Waals surface area contributed by atoms with Crippen LogP contribution in [-0.4, -0.2) is 28.2 Å². The highest BCUT2D eigenvalue weighted by atomic mass is 16.5. The lowest BCUT2D eigenvalue weighted by Gasteiger charge is -2.25. The molecule has 0 aliphatic carbocycles. The molecule has 0 spiro atoms. The van der Waals surface area contributed by atoms with Crippen molar-refractivity contribution in [2.45, 2.75) is 52.2 Å². The van der Waals surface area contributed by atoms with E-state index in [9.17, 15) is 4.79 Å². The van der Waals surface area contributed by atoms with Crippen LogP contribution in [0.15, 0.2) is 35.0 Å². The van der Waals surface area contributed by atoms with Gasteiger partial charge >= 0.3 is 0 Å². The Morgan fingerprint density at radius 3 is 3.00 bits per heavy atom. The molecule has 2 atom stereocenters. The summed E-state index contributed by atoms with van der Waals surface area (Å²) in [6, 6.07) is 8.14. The summed E-state index contributed by atoms with van der Waals surface area (Å²) in [7, 11) is 0. The molecule has 3 aromatic rings. The first kappa shape index (κ1) is 20.2. The Morgan fingerprint density at radius 1 is 1.47 bits per heavy atom. The zero-order valence-electron chi connectivity index (χ0n) is 17.7. The van der Waals surface area contributed by atoms with Gasteiger partial charge in [0, 0.05) is 29.2 Å². The molecule has 6 nitrogen and oxygen atoms in total. The molecule has 2 aromatic heterocycles. The standard InChI is InChI=1S/C24H28N4O2/c1-5-9-25-24(29)21-12-17-13-28(14-18-11-16(4)30-27-18)22-8-6-7-19(23(17)22)20(26-21)10-15(2)3/h1,6-8,11,13,15,20-21,26H,9-10,12,14H2,2-4H3,(H,25,29)/t20-,21-/m0/s1. The van der Waals surface area contributed by atoms with Crippen LogP contribution in [0.5, 0.6) is 0 Å². The molecule has 0 saturated carbocycles. The SMILES string of the molecule is C#CCNC(=O)[C@@H]1Cc2cn(Cc3cc(C)on3)c3cccc(c23)[C@H](CC(C)C)N1. The summed E-state index contributed by atoms with van der Waals surface area (Å²) in [5.74, 6) is 3.73. The first-order valence-electron chi connectivity index (χ1n) is 10.5. The smallest absolute Gasteiger partial charge is 0.238 e. The Morgan fingerprint density at radius 2 is 2.30 bits per heavy atom. The number of nitrogens with one attached hydrogen (secondary N) is 2. The van der Waals surface area contributed by atoms with E-state index >= 15 is 0 Å². The van der Waals surface area contributed by atoms with Gasteiger partial charge in [0.05, 0.1) is 19.1 Å². The van der Waals surface area contributed by atoms with Crippen molar-refractivity contribution in [1.29, 1.82) is 0 Å². The third-order valence-electron chi connectivity index (χ3n) is 5.62. The number of hydrogen-bond acceptors (Lipinski definition) is 4. The lowest BCUT2D eigenvalue weighted by Crippen LogP contribution is -2.46. The van der Waals surface area contributed by atoms with Crippen LogP contribution in [-0.2, 0) is 17.8 Å². The van der Waals surface area contributed by atoms with Gasteiger partial charge in [-0.05, 0) is 42.9 Å². The van der Waals surface area contributed by atoms with Gasteiger partial charge in [-0.25, -0.2) is 0 Å². The van der Waals surface area contributed by atoms with Crippen LogP contribution in [0, 0.1) is 25.2 Å². The van der Waals surface area contributed by atoms with Crippen molar-refractivity contribution in [2.24, 2.45) is 5.92 Å². The van der Waals surface area contributed by atoms with Crippen LogP contribution >= 0.6 is 0 Å². The predicted molar refractivity (Wildman–Crippen MR) is 117 cm³/mol. The molecule has 30 heavy (non-hydrogen) atoms. The van der Waals surface area contributed by atoms with Gasteiger partial charge in [-0.3, -0.25) is 10.1 Å². The average Bonchev–Trinajstić information content (AvgIpc) is 3.23. The van der Waals surface area contributed by atoms with Gasteiger partial charge in [-0.2, -0.15) is 0 Å². The van der Waals surface area contributed by atoms with Crippen molar-refractivity contribution < 1.29 is 9.32 Å². The monoisotopic (exact) mass is 404 g/mol. The fourth-order valence-electron chi connectivity index (χ4n) is 4.42. The van der Waals surface area contributed by atoms with Crippen LogP contribution in [0.2, 0.25) is 0 Å². The van der Waals surface area contributed by atoms with E-state index in [0.717, 1.165) is 23.4 Å². The van der Waals surface area contributed by atoms with E-state index in [-0.39, 0.29) is 24.5 Å². The zero-order valence-corrected chi connectivity index (χ0v) is 17.7. The third kappa shape index (κ3) is 3.99. The third-order valence-corrected chi connectivity index (χ3v) is 5.62. The summed E-state index contributed by atoms with van der Waals surface area (Å²) in [6.45, 7) is 7.18. The number of benzene rings is 1. The summed E-state index contributed by atoms with van der Waals surface area (Å²) in [6.07, 6.45) is 9.05. The fraction of sp³-hybridized carbons (Fsp3) is 0.417. The number of terminal acetylenes is 1. The maximum atomic E-state index is 12.8. The van der Waals surface area contributed by atoms with E-state index < -0.39 is 0 Å². The molecule has 1 aliphatic heterocycles. The first-order chi connectivity index (χ1) is 14.5. The molecule has 0 fully saturated rings. The molecule has 1 amide bonds. The second kappa shape index (κ2) is 8.37. The highest BCUT2D eigenvalue weighted by Gasteiger charge is 2.30. The molecule has 4 rings (SSSR count). The largest absolute Gasteiger partial charge is 0.361 e. The molecule has 0 saturated heterocycles. The summed E-state index contributed by atoms with van der Waals surface area (Å²) in [4.78, 5) is 12.8. The lowest BCUT2D eigenvalue weighted by molar-refractivity contribution is -0.123. The van der Waals surface area contributed by atoms with E-state index in [1.807, 2.05) is 13.0 Å². The normalized spacial score (nSPS) is 18.4. The molecule has 0 radical (unpaired) electrons. The number of hydrogen-bond donors (Lipinski definition) is 2. The van der Waals surface area contributed by atoms with Gasteiger partial charge in [0.1, 0.15) is 11.5 Å². The van der Waals surface area contributed by atoms with E-state index in [1.54, 1.807) is 0 Å². The van der Waals surface area contributed by atoms with E-state index in [2.05, 4.69) is 64.5 Å². The van der Waals surface area contributed by atoms with Crippen LogP contribution < -0.4 is 10.6 Å². The molecule has 0 unspecified atom stereocenters. The van der Waals surface area contributed by atoms with Gasteiger partial charge in [-0.1, -0.05) is 37.1 Å². The van der Waals surface area contributed by atoms with E-state index in [1.165, 1.54) is 16.5 Å². The number of aryl methyl sites for hydroxylation is 1. The molecule has 0 bridgehead atoms. The first-order valence-corrected chi connectivity index (χ1v) is 10.5. The van der Waals surface area contributed by atoms with Crippen molar-refractivity contribution >= 4 is 16.8 Å².